The van der Waals surface area contributed by atoms with Crippen LogP contribution >= 0.6 is 0 Å². The Morgan fingerprint density at radius 2 is 1.97 bits per heavy atom. The Labute approximate surface area is 179 Å². The monoisotopic (exact) mass is 438 g/mol. The van der Waals surface area contributed by atoms with Crippen LogP contribution in [0, 0.1) is 5.82 Å². The fourth-order valence-electron chi connectivity index (χ4n) is 4.45. The molecule has 1 aromatic heterocycles. The summed E-state index contributed by atoms with van der Waals surface area (Å²) in [6, 6.07) is 11.1. The minimum Gasteiger partial charge on any atom is -0.328 e. The molecule has 1 amide bonds. The number of nitrogens with zero attached hydrogens (tertiary/aromatic N) is 3. The molecule has 0 aliphatic carbocycles. The van der Waals surface area contributed by atoms with Crippen molar-refractivity contribution in [1.82, 2.24) is 14.9 Å². The molecule has 2 aliphatic heterocycles. The van der Waals surface area contributed by atoms with Crippen LogP contribution < -0.4 is 4.72 Å². The third-order valence-corrected chi connectivity index (χ3v) is 7.20. The van der Waals surface area contributed by atoms with Crippen molar-refractivity contribution in [2.75, 3.05) is 4.72 Å². The Morgan fingerprint density at radius 3 is 2.81 bits per heavy atom. The van der Waals surface area contributed by atoms with E-state index in [1.807, 2.05) is 4.90 Å². The molecule has 2 aromatic carbocycles. The van der Waals surface area contributed by atoms with Crippen molar-refractivity contribution in [3.8, 4) is 0 Å². The molecule has 0 spiro atoms. The van der Waals surface area contributed by atoms with E-state index in [-0.39, 0.29) is 28.6 Å². The van der Waals surface area contributed by atoms with Gasteiger partial charge in [0.25, 0.3) is 15.9 Å². The van der Waals surface area contributed by atoms with Gasteiger partial charge in [-0.15, -0.1) is 0 Å². The van der Waals surface area contributed by atoms with Crippen LogP contribution in [0.2, 0.25) is 0 Å². The first-order valence-electron chi connectivity index (χ1n) is 9.92. The van der Waals surface area contributed by atoms with Crippen LogP contribution in [0.5, 0.6) is 0 Å². The van der Waals surface area contributed by atoms with Crippen molar-refractivity contribution in [3.05, 3.63) is 83.7 Å². The third-order valence-electron chi connectivity index (χ3n) is 5.82. The number of aromatic nitrogens is 2. The number of hydrogen-bond donors (Lipinski definition) is 1. The molecule has 0 radical (unpaired) electrons. The fourth-order valence-corrected chi connectivity index (χ4v) is 5.53. The van der Waals surface area contributed by atoms with Crippen LogP contribution in [-0.4, -0.2) is 35.2 Å². The molecule has 158 valence electrons. The average Bonchev–Trinajstić information content (AvgIpc) is 3.07. The number of benzene rings is 2. The van der Waals surface area contributed by atoms with Gasteiger partial charge in [-0.25, -0.2) is 22.8 Å². The van der Waals surface area contributed by atoms with Gasteiger partial charge in [-0.1, -0.05) is 12.1 Å². The number of amides is 1. The normalized spacial score (nSPS) is 19.7. The molecule has 9 heteroatoms. The Kier molecular flexibility index (Phi) is 4.70. The molecule has 3 aromatic rings. The second kappa shape index (κ2) is 7.42. The quantitative estimate of drug-likeness (QED) is 0.675. The molecule has 1 saturated heterocycles. The van der Waals surface area contributed by atoms with Gasteiger partial charge in [-0.05, 0) is 49.2 Å². The minimum absolute atomic E-state index is 0.0625. The van der Waals surface area contributed by atoms with E-state index in [4.69, 9.17) is 0 Å². The van der Waals surface area contributed by atoms with Crippen LogP contribution in [0.4, 0.5) is 10.1 Å². The Bertz CT molecular complexity index is 1280. The Balaban J connectivity index is 1.42. The fraction of sp³-hybridized carbons (Fsp3) is 0.227. The summed E-state index contributed by atoms with van der Waals surface area (Å²) in [5, 5.41) is 0. The summed E-state index contributed by atoms with van der Waals surface area (Å²) in [6.45, 7) is 0. The lowest BCUT2D eigenvalue weighted by molar-refractivity contribution is 0.0644. The van der Waals surface area contributed by atoms with E-state index in [0.717, 1.165) is 30.2 Å². The van der Waals surface area contributed by atoms with Gasteiger partial charge < -0.3 is 4.90 Å². The van der Waals surface area contributed by atoms with E-state index in [0.29, 0.717) is 12.0 Å². The largest absolute Gasteiger partial charge is 0.328 e. The lowest BCUT2D eigenvalue weighted by atomic mass is 9.98. The van der Waals surface area contributed by atoms with E-state index in [2.05, 4.69) is 14.7 Å². The zero-order valence-electron chi connectivity index (χ0n) is 16.4. The molecule has 0 saturated carbocycles. The molecule has 1 fully saturated rings. The maximum absolute atomic E-state index is 13.4. The van der Waals surface area contributed by atoms with Crippen molar-refractivity contribution in [2.24, 2.45) is 0 Å². The van der Waals surface area contributed by atoms with Crippen molar-refractivity contribution >= 4 is 21.6 Å². The predicted molar refractivity (Wildman–Crippen MR) is 111 cm³/mol. The predicted octanol–water partition coefficient (Wildman–Crippen LogP) is 3.32. The van der Waals surface area contributed by atoms with E-state index in [9.17, 15) is 17.6 Å². The van der Waals surface area contributed by atoms with Gasteiger partial charge in [0.05, 0.1) is 16.6 Å². The number of fused-ring (bicyclic) bond motifs is 4. The molecule has 1 N–H and O–H groups in total. The van der Waals surface area contributed by atoms with Crippen molar-refractivity contribution in [1.29, 1.82) is 0 Å². The molecule has 31 heavy (non-hydrogen) atoms. The molecule has 3 heterocycles. The first-order chi connectivity index (χ1) is 14.9. The van der Waals surface area contributed by atoms with Gasteiger partial charge >= 0.3 is 0 Å². The van der Waals surface area contributed by atoms with Crippen molar-refractivity contribution < 1.29 is 17.6 Å². The van der Waals surface area contributed by atoms with Gasteiger partial charge in [-0.2, -0.15) is 0 Å². The van der Waals surface area contributed by atoms with E-state index in [1.54, 1.807) is 24.4 Å². The Hall–Kier alpha value is -3.33. The number of carbonyl (C=O) groups excluding carboxylic acids is 1. The summed E-state index contributed by atoms with van der Waals surface area (Å²) in [5.41, 5.74) is 2.59. The van der Waals surface area contributed by atoms with Gasteiger partial charge in [0.2, 0.25) is 0 Å². The minimum atomic E-state index is -3.98. The average molecular weight is 438 g/mol. The number of carbonyl (C=O) groups is 1. The zero-order valence-corrected chi connectivity index (χ0v) is 17.2. The summed E-state index contributed by atoms with van der Waals surface area (Å²) in [5.74, 6) is -0.801. The topological polar surface area (TPSA) is 92.3 Å². The number of anilines is 1. The summed E-state index contributed by atoms with van der Waals surface area (Å²) >= 11 is 0. The van der Waals surface area contributed by atoms with Gasteiger partial charge in [-0.3, -0.25) is 9.52 Å². The molecular weight excluding hydrogens is 419 g/mol. The first kappa shape index (κ1) is 19.6. The number of rotatable bonds is 4. The lowest BCUT2D eigenvalue weighted by Gasteiger charge is -2.35. The molecule has 2 atom stereocenters. The second-order valence-corrected chi connectivity index (χ2v) is 9.41. The number of halogens is 1. The standard InChI is InChI=1S/C22H19FN4O3S/c23-15-4-2-6-18(10-15)31(29,30)26-16-5-1-3-14(9-16)22(28)27-17-7-8-21(27)19-12-24-13-25-20(19)11-17/h1-6,9-10,12-13,17,21,26H,7-8,11H2. The molecule has 5 rings (SSSR count). The SMILES string of the molecule is O=C(c1cccc(NS(=O)(=O)c2cccc(F)c2)c1)N1C2CCC1c1cncnc1C2. The molecule has 2 unspecified atom stereocenters. The highest BCUT2D eigenvalue weighted by molar-refractivity contribution is 7.92. The maximum Gasteiger partial charge on any atom is 0.261 e. The van der Waals surface area contributed by atoms with E-state index < -0.39 is 15.8 Å². The second-order valence-electron chi connectivity index (χ2n) is 7.73. The van der Waals surface area contributed by atoms with Crippen molar-refractivity contribution in [3.63, 3.8) is 0 Å². The number of hydrogen-bond acceptors (Lipinski definition) is 5. The highest BCUT2D eigenvalue weighted by atomic mass is 32.2. The smallest absolute Gasteiger partial charge is 0.261 e. The van der Waals surface area contributed by atoms with Gasteiger partial charge in [0, 0.05) is 35.5 Å². The highest BCUT2D eigenvalue weighted by Gasteiger charge is 2.43. The van der Waals surface area contributed by atoms with Crippen molar-refractivity contribution in [2.45, 2.75) is 36.2 Å². The molecule has 2 aliphatic rings. The van der Waals surface area contributed by atoms with Crippen LogP contribution in [-0.2, 0) is 16.4 Å². The number of nitrogens with one attached hydrogen (secondary N) is 1. The molecular formula is C22H19FN4O3S. The first-order valence-corrected chi connectivity index (χ1v) is 11.4. The van der Waals surface area contributed by atoms with Gasteiger partial charge in [0.15, 0.2) is 0 Å². The van der Waals surface area contributed by atoms with Crippen LogP contribution in [0.15, 0.2) is 66.0 Å². The van der Waals surface area contributed by atoms with E-state index >= 15 is 0 Å². The summed E-state index contributed by atoms with van der Waals surface area (Å²) in [7, 11) is -3.98. The molecule has 7 nitrogen and oxygen atoms in total. The van der Waals surface area contributed by atoms with E-state index in [1.165, 1.54) is 30.6 Å². The summed E-state index contributed by atoms with van der Waals surface area (Å²) in [4.78, 5) is 23.5. The maximum atomic E-state index is 13.4. The van der Waals surface area contributed by atoms with Gasteiger partial charge in [0.1, 0.15) is 12.1 Å². The van der Waals surface area contributed by atoms with Crippen LogP contribution in [0.25, 0.3) is 0 Å². The Morgan fingerprint density at radius 1 is 1.13 bits per heavy atom. The summed E-state index contributed by atoms with van der Waals surface area (Å²) in [6.07, 6.45) is 5.73. The van der Waals surface area contributed by atoms with Crippen LogP contribution in [0.1, 0.15) is 40.5 Å². The molecule has 2 bridgehead atoms. The zero-order chi connectivity index (χ0) is 21.6. The van der Waals surface area contributed by atoms with Crippen LogP contribution in [0.3, 0.4) is 0 Å². The lowest BCUT2D eigenvalue weighted by Crippen LogP contribution is -2.42. The summed E-state index contributed by atoms with van der Waals surface area (Å²) < 4.78 is 41.1. The highest BCUT2D eigenvalue weighted by Crippen LogP contribution is 2.43. The number of sulfonamides is 1. The third kappa shape index (κ3) is 3.54.